The lowest BCUT2D eigenvalue weighted by molar-refractivity contribution is 0.565. The van der Waals surface area contributed by atoms with E-state index < -0.39 is 0 Å². The van der Waals surface area contributed by atoms with E-state index in [0.717, 1.165) is 16.7 Å². The highest BCUT2D eigenvalue weighted by atomic mass is 14.9. The van der Waals surface area contributed by atoms with Crippen molar-refractivity contribution in [3.05, 3.63) is 71.5 Å². The van der Waals surface area contributed by atoms with Crippen molar-refractivity contribution in [1.82, 2.24) is 15.3 Å². The van der Waals surface area contributed by atoms with Gasteiger partial charge in [-0.1, -0.05) is 36.4 Å². The van der Waals surface area contributed by atoms with E-state index >= 15 is 0 Å². The third-order valence-corrected chi connectivity index (χ3v) is 3.74. The molecule has 1 heterocycles. The molecular weight excluding hydrogens is 258 g/mol. The quantitative estimate of drug-likeness (QED) is 0.788. The van der Waals surface area contributed by atoms with Gasteiger partial charge in [0.05, 0.1) is 22.9 Å². The van der Waals surface area contributed by atoms with Crippen LogP contribution >= 0.6 is 0 Å². The molecule has 3 rings (SSSR count). The molecule has 21 heavy (non-hydrogen) atoms. The Morgan fingerprint density at radius 1 is 1.00 bits per heavy atom. The van der Waals surface area contributed by atoms with Gasteiger partial charge in [0.25, 0.3) is 0 Å². The highest BCUT2D eigenvalue weighted by Gasteiger charge is 2.08. The first-order valence-corrected chi connectivity index (χ1v) is 7.23. The molecule has 0 aliphatic carbocycles. The molecule has 3 heteroatoms. The van der Waals surface area contributed by atoms with Gasteiger partial charge in [0.2, 0.25) is 0 Å². The second kappa shape index (κ2) is 6.02. The standard InChI is InChI=1S/C18H19N3/c1-13-7-3-4-8-16(13)14(2)19-11-15-12-20-17-9-5-6-10-18(17)21-15/h3-10,12,14,19H,11H2,1-2H3/t14-/m0/s1. The van der Waals surface area contributed by atoms with Crippen molar-refractivity contribution in [2.75, 3.05) is 0 Å². The highest BCUT2D eigenvalue weighted by Crippen LogP contribution is 2.17. The van der Waals surface area contributed by atoms with E-state index in [1.54, 1.807) is 0 Å². The maximum absolute atomic E-state index is 4.64. The molecule has 0 saturated carbocycles. The van der Waals surface area contributed by atoms with E-state index in [1.807, 2.05) is 30.5 Å². The largest absolute Gasteiger partial charge is 0.304 e. The molecule has 0 spiro atoms. The monoisotopic (exact) mass is 277 g/mol. The van der Waals surface area contributed by atoms with E-state index in [9.17, 15) is 0 Å². The van der Waals surface area contributed by atoms with Crippen LogP contribution < -0.4 is 5.32 Å². The Kier molecular flexibility index (Phi) is 3.93. The zero-order valence-corrected chi connectivity index (χ0v) is 12.4. The third kappa shape index (κ3) is 3.09. The molecule has 1 N–H and O–H groups in total. The maximum atomic E-state index is 4.64. The Morgan fingerprint density at radius 3 is 2.52 bits per heavy atom. The van der Waals surface area contributed by atoms with E-state index in [1.165, 1.54) is 11.1 Å². The van der Waals surface area contributed by atoms with Gasteiger partial charge in [-0.25, -0.2) is 4.98 Å². The van der Waals surface area contributed by atoms with Crippen LogP contribution in [-0.2, 0) is 6.54 Å². The lowest BCUT2D eigenvalue weighted by Gasteiger charge is -2.16. The first kappa shape index (κ1) is 13.7. The molecule has 106 valence electrons. The van der Waals surface area contributed by atoms with Gasteiger partial charge in [0.1, 0.15) is 0 Å². The van der Waals surface area contributed by atoms with Crippen molar-refractivity contribution in [1.29, 1.82) is 0 Å². The average Bonchev–Trinajstić information content (AvgIpc) is 2.53. The van der Waals surface area contributed by atoms with Gasteiger partial charge in [0, 0.05) is 12.6 Å². The molecule has 1 atom stereocenters. The van der Waals surface area contributed by atoms with Gasteiger partial charge in [-0.2, -0.15) is 0 Å². The average molecular weight is 277 g/mol. The molecular formula is C18H19N3. The molecule has 3 nitrogen and oxygen atoms in total. The minimum Gasteiger partial charge on any atom is -0.304 e. The Balaban J connectivity index is 1.73. The predicted octanol–water partition coefficient (Wildman–Crippen LogP) is 3.79. The number of nitrogens with one attached hydrogen (secondary N) is 1. The number of aromatic nitrogens is 2. The molecule has 0 bridgehead atoms. The van der Waals surface area contributed by atoms with E-state index in [2.05, 4.69) is 53.4 Å². The van der Waals surface area contributed by atoms with Gasteiger partial charge in [0.15, 0.2) is 0 Å². The molecule has 0 radical (unpaired) electrons. The minimum atomic E-state index is 0.291. The van der Waals surface area contributed by atoms with Crippen LogP contribution in [0.3, 0.4) is 0 Å². The molecule has 0 amide bonds. The Labute approximate surface area is 125 Å². The predicted molar refractivity (Wildman–Crippen MR) is 86.0 cm³/mol. The van der Waals surface area contributed by atoms with Crippen LogP contribution in [0.25, 0.3) is 11.0 Å². The summed E-state index contributed by atoms with van der Waals surface area (Å²) in [5.74, 6) is 0. The third-order valence-electron chi connectivity index (χ3n) is 3.74. The fourth-order valence-corrected chi connectivity index (χ4v) is 2.52. The van der Waals surface area contributed by atoms with Gasteiger partial charge < -0.3 is 5.32 Å². The summed E-state index contributed by atoms with van der Waals surface area (Å²) in [5.41, 5.74) is 5.48. The van der Waals surface area contributed by atoms with Gasteiger partial charge in [-0.3, -0.25) is 4.98 Å². The molecule has 3 aromatic rings. The number of nitrogens with zero attached hydrogens (tertiary/aromatic N) is 2. The molecule has 2 aromatic carbocycles. The Morgan fingerprint density at radius 2 is 1.71 bits per heavy atom. The fourth-order valence-electron chi connectivity index (χ4n) is 2.52. The molecule has 1 aromatic heterocycles. The van der Waals surface area contributed by atoms with Crippen LogP contribution in [0.5, 0.6) is 0 Å². The fraction of sp³-hybridized carbons (Fsp3) is 0.222. The van der Waals surface area contributed by atoms with Gasteiger partial charge >= 0.3 is 0 Å². The number of fused-ring (bicyclic) bond motifs is 1. The van der Waals surface area contributed by atoms with Crippen molar-refractivity contribution in [3.8, 4) is 0 Å². The van der Waals surface area contributed by atoms with Crippen molar-refractivity contribution < 1.29 is 0 Å². The second-order valence-electron chi connectivity index (χ2n) is 5.31. The van der Waals surface area contributed by atoms with Crippen LogP contribution in [0.1, 0.15) is 29.8 Å². The van der Waals surface area contributed by atoms with Crippen LogP contribution in [0.2, 0.25) is 0 Å². The maximum Gasteiger partial charge on any atom is 0.0890 e. The van der Waals surface area contributed by atoms with Gasteiger partial charge in [-0.15, -0.1) is 0 Å². The summed E-state index contributed by atoms with van der Waals surface area (Å²) in [6, 6.07) is 16.7. The second-order valence-corrected chi connectivity index (χ2v) is 5.31. The SMILES string of the molecule is Cc1ccccc1[C@H](C)NCc1cnc2ccccc2n1. The van der Waals surface area contributed by atoms with E-state index in [0.29, 0.717) is 12.6 Å². The topological polar surface area (TPSA) is 37.8 Å². The smallest absolute Gasteiger partial charge is 0.0890 e. The van der Waals surface area contributed by atoms with Crippen LogP contribution in [0.15, 0.2) is 54.7 Å². The Hall–Kier alpha value is -2.26. The van der Waals surface area contributed by atoms with E-state index in [-0.39, 0.29) is 0 Å². The molecule has 0 aliphatic rings. The summed E-state index contributed by atoms with van der Waals surface area (Å²) in [5, 5.41) is 3.52. The summed E-state index contributed by atoms with van der Waals surface area (Å²) in [7, 11) is 0. The van der Waals surface area contributed by atoms with E-state index in [4.69, 9.17) is 0 Å². The van der Waals surface area contributed by atoms with Crippen molar-refractivity contribution >= 4 is 11.0 Å². The summed E-state index contributed by atoms with van der Waals surface area (Å²) in [4.78, 5) is 9.09. The number of aryl methyl sites for hydroxylation is 1. The van der Waals surface area contributed by atoms with Crippen LogP contribution in [0.4, 0.5) is 0 Å². The normalized spacial score (nSPS) is 12.5. The summed E-state index contributed by atoms with van der Waals surface area (Å²) < 4.78 is 0. The summed E-state index contributed by atoms with van der Waals surface area (Å²) >= 11 is 0. The number of rotatable bonds is 4. The molecule has 0 saturated heterocycles. The van der Waals surface area contributed by atoms with Crippen molar-refractivity contribution in [3.63, 3.8) is 0 Å². The number of hydrogen-bond acceptors (Lipinski definition) is 3. The van der Waals surface area contributed by atoms with Crippen molar-refractivity contribution in [2.45, 2.75) is 26.4 Å². The lowest BCUT2D eigenvalue weighted by atomic mass is 10.0. The molecule has 0 unspecified atom stereocenters. The summed E-state index contributed by atoms with van der Waals surface area (Å²) in [6.07, 6.45) is 1.85. The zero-order chi connectivity index (χ0) is 14.7. The molecule has 0 fully saturated rings. The molecule has 0 aliphatic heterocycles. The first-order valence-electron chi connectivity index (χ1n) is 7.23. The van der Waals surface area contributed by atoms with Crippen LogP contribution in [0, 0.1) is 6.92 Å². The first-order chi connectivity index (χ1) is 10.2. The summed E-state index contributed by atoms with van der Waals surface area (Å²) in [6.45, 7) is 5.04. The zero-order valence-electron chi connectivity index (χ0n) is 12.4. The number of benzene rings is 2. The number of para-hydroxylation sites is 2. The number of hydrogen-bond donors (Lipinski definition) is 1. The minimum absolute atomic E-state index is 0.291. The Bertz CT molecular complexity index is 752. The van der Waals surface area contributed by atoms with Gasteiger partial charge in [-0.05, 0) is 37.1 Å². The highest BCUT2D eigenvalue weighted by molar-refractivity contribution is 5.73. The lowest BCUT2D eigenvalue weighted by Crippen LogP contribution is -2.19. The van der Waals surface area contributed by atoms with Crippen molar-refractivity contribution in [2.24, 2.45) is 0 Å². The van der Waals surface area contributed by atoms with Crippen LogP contribution in [-0.4, -0.2) is 9.97 Å².